The van der Waals surface area contributed by atoms with E-state index in [4.69, 9.17) is 15.5 Å². The summed E-state index contributed by atoms with van der Waals surface area (Å²) >= 11 is 0. The Labute approximate surface area is 79.7 Å². The highest BCUT2D eigenvalue weighted by atomic mass is 32.2. The third-order valence-electron chi connectivity index (χ3n) is 1.55. The van der Waals surface area contributed by atoms with E-state index in [0.717, 1.165) is 18.2 Å². The highest BCUT2D eigenvalue weighted by Crippen LogP contribution is 2.18. The Morgan fingerprint density at radius 1 is 1.43 bits per heavy atom. The van der Waals surface area contributed by atoms with E-state index in [0.29, 0.717) is 0 Å². The number of hydrogen-bond acceptors (Lipinski definition) is 5. The van der Waals surface area contributed by atoms with E-state index in [1.54, 1.807) is 0 Å². The van der Waals surface area contributed by atoms with E-state index in [2.05, 4.69) is 0 Å². The molecule has 78 valence electrons. The molecule has 0 bridgehead atoms. The Balaban J connectivity index is 3.34. The molecule has 14 heavy (non-hydrogen) atoms. The molecule has 0 aromatic heterocycles. The first-order valence-electron chi connectivity index (χ1n) is 3.42. The van der Waals surface area contributed by atoms with Crippen molar-refractivity contribution in [3.05, 3.63) is 23.4 Å². The summed E-state index contributed by atoms with van der Waals surface area (Å²) in [7, 11) is -4.39. The maximum absolute atomic E-state index is 10.6. The van der Waals surface area contributed by atoms with Gasteiger partial charge in [0, 0.05) is 6.07 Å². The van der Waals surface area contributed by atoms with Crippen molar-refractivity contribution < 1.29 is 23.4 Å². The van der Waals surface area contributed by atoms with Gasteiger partial charge >= 0.3 is 0 Å². The zero-order valence-electron chi connectivity index (χ0n) is 6.84. The van der Waals surface area contributed by atoms with Crippen molar-refractivity contribution in [2.45, 2.75) is 4.90 Å². The molecule has 0 amide bonds. The van der Waals surface area contributed by atoms with Crippen LogP contribution in [-0.2, 0) is 10.1 Å². The van der Waals surface area contributed by atoms with Crippen LogP contribution < -0.4 is 11.0 Å². The third kappa shape index (κ3) is 2.19. The largest absolute Gasteiger partial charge is 0.595 e. The van der Waals surface area contributed by atoms with Gasteiger partial charge in [-0.05, 0) is 12.1 Å². The lowest BCUT2D eigenvalue weighted by atomic mass is 10.3. The van der Waals surface area contributed by atoms with E-state index in [-0.39, 0.29) is 11.4 Å². The Bertz CT molecular complexity index is 442. The summed E-state index contributed by atoms with van der Waals surface area (Å²) in [5.41, 5.74) is 4.85. The Kier molecular flexibility index (Phi) is 2.73. The van der Waals surface area contributed by atoms with Crippen molar-refractivity contribution in [2.24, 2.45) is 0 Å². The summed E-state index contributed by atoms with van der Waals surface area (Å²) in [6.07, 6.45) is 0. The molecule has 0 aliphatic rings. The number of nitrogen functional groups attached to an aromatic ring is 1. The number of anilines is 1. The van der Waals surface area contributed by atoms with Crippen LogP contribution in [-0.4, -0.2) is 18.2 Å². The fourth-order valence-corrected chi connectivity index (χ4v) is 1.39. The molecule has 1 unspecified atom stereocenters. The molecule has 0 radical (unpaired) electrons. The van der Waals surface area contributed by atoms with Crippen LogP contribution >= 0.6 is 0 Å². The maximum Gasteiger partial charge on any atom is 0.294 e. The first-order chi connectivity index (χ1) is 6.32. The molecular formula is C6H8N2O5S. The van der Waals surface area contributed by atoms with E-state index in [1.165, 1.54) is 0 Å². The molecule has 1 aromatic rings. The van der Waals surface area contributed by atoms with Gasteiger partial charge in [-0.3, -0.25) is 4.55 Å². The zero-order chi connectivity index (χ0) is 10.9. The smallest absolute Gasteiger partial charge is 0.294 e. The van der Waals surface area contributed by atoms with Crippen molar-refractivity contribution in [2.75, 3.05) is 5.73 Å². The average Bonchev–Trinajstić information content (AvgIpc) is 2.02. The molecule has 0 aliphatic carbocycles. The molecule has 0 heterocycles. The molecule has 0 saturated heterocycles. The minimum absolute atomic E-state index is 0.0649. The van der Waals surface area contributed by atoms with Crippen LogP contribution in [0.25, 0.3) is 0 Å². The minimum atomic E-state index is -4.39. The number of hydrogen-bond donors (Lipinski definition) is 4. The lowest BCUT2D eigenvalue weighted by Gasteiger charge is -2.13. The van der Waals surface area contributed by atoms with Gasteiger partial charge < -0.3 is 10.9 Å². The van der Waals surface area contributed by atoms with Crippen LogP contribution in [0.1, 0.15) is 0 Å². The zero-order valence-corrected chi connectivity index (χ0v) is 7.65. The molecule has 0 saturated carbocycles. The van der Waals surface area contributed by atoms with E-state index >= 15 is 0 Å². The van der Waals surface area contributed by atoms with Crippen LogP contribution in [0.3, 0.4) is 0 Å². The number of quaternary nitrogens is 1. The van der Waals surface area contributed by atoms with Crippen LogP contribution in [0.2, 0.25) is 0 Å². The highest BCUT2D eigenvalue weighted by molar-refractivity contribution is 7.85. The van der Waals surface area contributed by atoms with Crippen LogP contribution in [0.4, 0.5) is 11.4 Å². The molecule has 7 nitrogen and oxygen atoms in total. The summed E-state index contributed by atoms with van der Waals surface area (Å²) in [5.74, 6) is 0. The Morgan fingerprint density at radius 2 is 2.00 bits per heavy atom. The van der Waals surface area contributed by atoms with Gasteiger partial charge in [0.15, 0.2) is 5.69 Å². The second-order valence-electron chi connectivity index (χ2n) is 2.53. The fourth-order valence-electron chi connectivity index (χ4n) is 0.881. The fraction of sp³-hybridized carbons (Fsp3) is 0. The highest BCUT2D eigenvalue weighted by Gasteiger charge is 2.14. The molecule has 1 atom stereocenters. The molecule has 5 N–H and O–H groups in total. The van der Waals surface area contributed by atoms with Gasteiger partial charge in [0.2, 0.25) is 0 Å². The molecule has 0 spiro atoms. The molecule has 1 rings (SSSR count). The predicted molar refractivity (Wildman–Crippen MR) is 46.4 cm³/mol. The summed E-state index contributed by atoms with van der Waals surface area (Å²) in [6, 6.07) is 2.93. The van der Waals surface area contributed by atoms with Crippen molar-refractivity contribution >= 4 is 21.5 Å². The monoisotopic (exact) mass is 220 g/mol. The van der Waals surface area contributed by atoms with Crippen molar-refractivity contribution in [1.82, 2.24) is 0 Å². The van der Waals surface area contributed by atoms with Gasteiger partial charge in [-0.1, -0.05) is 0 Å². The standard InChI is InChI=1S/C6H8N2O5S/c7-5-2-1-4(14(11,12)13)3-6(5)8(9)10/h1-3,8-9H,7H2,(H,11,12,13). The summed E-state index contributed by atoms with van der Waals surface area (Å²) in [6.45, 7) is 0. The quantitative estimate of drug-likeness (QED) is 0.285. The first kappa shape index (κ1) is 10.9. The SMILES string of the molecule is Nc1ccc(S(=O)(=O)O)cc1[NH+]([O-])O. The molecule has 0 fully saturated rings. The molecule has 1 aromatic carbocycles. The van der Waals surface area contributed by atoms with Crippen LogP contribution in [0.15, 0.2) is 23.1 Å². The van der Waals surface area contributed by atoms with E-state index in [1.807, 2.05) is 0 Å². The molecule has 0 aliphatic heterocycles. The summed E-state index contributed by atoms with van der Waals surface area (Å²) in [5, 5.41) is 17.8. The van der Waals surface area contributed by atoms with Gasteiger partial charge in [-0.15, -0.1) is 0 Å². The Hall–Kier alpha value is -1.19. The second-order valence-corrected chi connectivity index (χ2v) is 3.95. The van der Waals surface area contributed by atoms with E-state index in [9.17, 15) is 13.6 Å². The van der Waals surface area contributed by atoms with Crippen molar-refractivity contribution in [3.63, 3.8) is 0 Å². The summed E-state index contributed by atoms with van der Waals surface area (Å²) in [4.78, 5) is -0.496. The van der Waals surface area contributed by atoms with Crippen LogP contribution in [0.5, 0.6) is 0 Å². The van der Waals surface area contributed by atoms with Gasteiger partial charge in [0.05, 0.1) is 5.69 Å². The van der Waals surface area contributed by atoms with Gasteiger partial charge in [-0.2, -0.15) is 13.6 Å². The van der Waals surface area contributed by atoms with Gasteiger partial charge in [0.25, 0.3) is 10.1 Å². The molecular weight excluding hydrogens is 212 g/mol. The normalized spacial score (nSPS) is 13.9. The Morgan fingerprint density at radius 3 is 2.43 bits per heavy atom. The number of benzene rings is 1. The van der Waals surface area contributed by atoms with Crippen molar-refractivity contribution in [3.8, 4) is 0 Å². The topological polar surface area (TPSA) is 128 Å². The maximum atomic E-state index is 10.6. The van der Waals surface area contributed by atoms with Crippen molar-refractivity contribution in [1.29, 1.82) is 0 Å². The number of nitrogens with two attached hydrogens (primary N) is 1. The van der Waals surface area contributed by atoms with Crippen LogP contribution in [0, 0.1) is 5.21 Å². The minimum Gasteiger partial charge on any atom is -0.595 e. The van der Waals surface area contributed by atoms with Gasteiger partial charge in [-0.25, -0.2) is 5.21 Å². The van der Waals surface area contributed by atoms with E-state index < -0.39 is 20.2 Å². The predicted octanol–water partition coefficient (Wildman–Crippen LogP) is -1.08. The summed E-state index contributed by atoms with van der Waals surface area (Å²) < 4.78 is 29.9. The molecule has 8 heteroatoms. The average molecular weight is 220 g/mol. The third-order valence-corrected chi connectivity index (χ3v) is 2.40. The van der Waals surface area contributed by atoms with Gasteiger partial charge in [0.1, 0.15) is 4.90 Å². The first-order valence-corrected chi connectivity index (χ1v) is 4.86. The number of nitrogens with one attached hydrogen (secondary N) is 1. The number of rotatable bonds is 2. The lowest BCUT2D eigenvalue weighted by Crippen LogP contribution is -2.99. The lowest BCUT2D eigenvalue weighted by molar-refractivity contribution is -0.990. The second kappa shape index (κ2) is 3.52.